The number of benzene rings is 2. The van der Waals surface area contributed by atoms with Gasteiger partial charge in [0.1, 0.15) is 6.10 Å². The summed E-state index contributed by atoms with van der Waals surface area (Å²) in [6, 6.07) is 14.4. The summed E-state index contributed by atoms with van der Waals surface area (Å²) in [6.45, 7) is 0. The van der Waals surface area contributed by atoms with Crippen molar-refractivity contribution in [3.8, 4) is 11.5 Å². The van der Waals surface area contributed by atoms with Gasteiger partial charge in [0, 0.05) is 0 Å². The second kappa shape index (κ2) is 4.18. The van der Waals surface area contributed by atoms with E-state index in [9.17, 15) is 9.90 Å². The van der Waals surface area contributed by atoms with Crippen LogP contribution in [0.25, 0.3) is 0 Å². The number of rotatable bonds is 1. The van der Waals surface area contributed by atoms with E-state index in [0.717, 1.165) is 5.56 Å². The van der Waals surface area contributed by atoms with Gasteiger partial charge in [-0.3, -0.25) is 4.79 Å². The standard InChI is InChI=1S/C15H12O3/c16-12-8-4-7-11-13(17)9-14(18-15(11)12)10-5-2-1-3-6-10/h1-8,14,16H,9H2/t14-/m1/s1. The van der Waals surface area contributed by atoms with Gasteiger partial charge >= 0.3 is 0 Å². The predicted molar refractivity (Wildman–Crippen MR) is 66.9 cm³/mol. The van der Waals surface area contributed by atoms with Crippen molar-refractivity contribution < 1.29 is 14.6 Å². The highest BCUT2D eigenvalue weighted by molar-refractivity contribution is 6.00. The van der Waals surface area contributed by atoms with E-state index in [0.29, 0.717) is 17.7 Å². The molecule has 0 spiro atoms. The minimum Gasteiger partial charge on any atom is -0.504 e. The van der Waals surface area contributed by atoms with Crippen molar-refractivity contribution in [1.29, 1.82) is 0 Å². The van der Waals surface area contributed by atoms with Gasteiger partial charge in [0.15, 0.2) is 17.3 Å². The Kier molecular flexibility index (Phi) is 2.52. The SMILES string of the molecule is O=C1C[C@H](c2ccccc2)Oc2c(O)cccc21. The maximum Gasteiger partial charge on any atom is 0.172 e. The van der Waals surface area contributed by atoms with Crippen LogP contribution in [0, 0.1) is 0 Å². The van der Waals surface area contributed by atoms with Crippen LogP contribution in [-0.2, 0) is 0 Å². The summed E-state index contributed by atoms with van der Waals surface area (Å²) >= 11 is 0. The highest BCUT2D eigenvalue weighted by Gasteiger charge is 2.29. The van der Waals surface area contributed by atoms with Gasteiger partial charge in [-0.05, 0) is 17.7 Å². The summed E-state index contributed by atoms with van der Waals surface area (Å²) in [4.78, 5) is 12.0. The molecule has 0 amide bonds. The summed E-state index contributed by atoms with van der Waals surface area (Å²) in [7, 11) is 0. The zero-order chi connectivity index (χ0) is 12.5. The third kappa shape index (κ3) is 1.74. The fourth-order valence-corrected chi connectivity index (χ4v) is 2.18. The Morgan fingerprint density at radius 1 is 1.06 bits per heavy atom. The van der Waals surface area contributed by atoms with Crippen molar-refractivity contribution in [1.82, 2.24) is 0 Å². The second-order valence-corrected chi connectivity index (χ2v) is 4.30. The number of phenols is 1. The Labute approximate surface area is 105 Å². The van der Waals surface area contributed by atoms with Crippen molar-refractivity contribution in [3.63, 3.8) is 0 Å². The van der Waals surface area contributed by atoms with Crippen LogP contribution in [0.1, 0.15) is 28.4 Å². The molecule has 3 heteroatoms. The fraction of sp³-hybridized carbons (Fsp3) is 0.133. The van der Waals surface area contributed by atoms with Crippen LogP contribution in [0.5, 0.6) is 11.5 Å². The first-order valence-electron chi connectivity index (χ1n) is 5.82. The highest BCUT2D eigenvalue weighted by atomic mass is 16.5. The molecule has 1 atom stereocenters. The number of carbonyl (C=O) groups excluding carboxylic acids is 1. The second-order valence-electron chi connectivity index (χ2n) is 4.30. The van der Waals surface area contributed by atoms with Gasteiger partial charge in [0.2, 0.25) is 0 Å². The molecule has 2 aromatic rings. The number of hydrogen-bond donors (Lipinski definition) is 1. The molecule has 0 bridgehead atoms. The molecule has 1 aliphatic rings. The quantitative estimate of drug-likeness (QED) is 0.833. The first-order valence-corrected chi connectivity index (χ1v) is 5.82. The molecule has 3 nitrogen and oxygen atoms in total. The number of aromatic hydroxyl groups is 1. The molecule has 0 radical (unpaired) electrons. The normalized spacial score (nSPS) is 18.0. The van der Waals surface area contributed by atoms with Crippen molar-refractivity contribution in [2.45, 2.75) is 12.5 Å². The Morgan fingerprint density at radius 2 is 1.83 bits per heavy atom. The van der Waals surface area contributed by atoms with Crippen LogP contribution < -0.4 is 4.74 Å². The maximum atomic E-state index is 12.0. The van der Waals surface area contributed by atoms with Crippen molar-refractivity contribution >= 4 is 5.78 Å². The number of para-hydroxylation sites is 1. The molecule has 1 N–H and O–H groups in total. The topological polar surface area (TPSA) is 46.5 Å². The number of phenolic OH excluding ortho intramolecular Hbond substituents is 1. The lowest BCUT2D eigenvalue weighted by atomic mass is 9.96. The van der Waals surface area contributed by atoms with Gasteiger partial charge < -0.3 is 9.84 Å². The summed E-state index contributed by atoms with van der Waals surface area (Å²) in [5.41, 5.74) is 1.40. The molecule has 0 saturated heterocycles. The number of ether oxygens (including phenoxy) is 1. The molecular weight excluding hydrogens is 228 g/mol. The van der Waals surface area contributed by atoms with E-state index in [4.69, 9.17) is 4.74 Å². The molecule has 0 aromatic heterocycles. The first kappa shape index (κ1) is 10.8. The Morgan fingerprint density at radius 3 is 2.61 bits per heavy atom. The van der Waals surface area contributed by atoms with Crippen molar-refractivity contribution in [2.75, 3.05) is 0 Å². The van der Waals surface area contributed by atoms with Gasteiger partial charge in [0.25, 0.3) is 0 Å². The Bertz CT molecular complexity index is 590. The Balaban J connectivity index is 2.01. The monoisotopic (exact) mass is 240 g/mol. The molecule has 90 valence electrons. The molecule has 0 aliphatic carbocycles. The van der Waals surface area contributed by atoms with Gasteiger partial charge in [0.05, 0.1) is 12.0 Å². The number of hydrogen-bond acceptors (Lipinski definition) is 3. The smallest absolute Gasteiger partial charge is 0.172 e. The molecule has 3 rings (SSSR count). The lowest BCUT2D eigenvalue weighted by Gasteiger charge is -2.25. The minimum atomic E-state index is -0.320. The molecule has 0 fully saturated rings. The number of Topliss-reactive ketones (excluding diaryl/α,β-unsaturated/α-hetero) is 1. The maximum absolute atomic E-state index is 12.0. The largest absolute Gasteiger partial charge is 0.504 e. The summed E-state index contributed by atoms with van der Waals surface area (Å²) in [5, 5.41) is 9.76. The molecule has 1 aliphatic heterocycles. The number of ketones is 1. The van der Waals surface area contributed by atoms with E-state index in [1.54, 1.807) is 12.1 Å². The van der Waals surface area contributed by atoms with Crippen LogP contribution in [0.3, 0.4) is 0 Å². The number of carbonyl (C=O) groups is 1. The van der Waals surface area contributed by atoms with Crippen LogP contribution in [0.15, 0.2) is 48.5 Å². The molecule has 18 heavy (non-hydrogen) atoms. The third-order valence-electron chi connectivity index (χ3n) is 3.10. The lowest BCUT2D eigenvalue weighted by Crippen LogP contribution is -2.20. The Hall–Kier alpha value is -2.29. The van der Waals surface area contributed by atoms with Gasteiger partial charge in [-0.25, -0.2) is 0 Å². The van der Waals surface area contributed by atoms with Crippen LogP contribution in [0.2, 0.25) is 0 Å². The highest BCUT2D eigenvalue weighted by Crippen LogP contribution is 2.40. The van der Waals surface area contributed by atoms with E-state index in [1.807, 2.05) is 30.3 Å². The minimum absolute atomic E-state index is 0.000929. The van der Waals surface area contributed by atoms with Crippen LogP contribution >= 0.6 is 0 Å². The van der Waals surface area contributed by atoms with Crippen LogP contribution in [-0.4, -0.2) is 10.9 Å². The zero-order valence-electron chi connectivity index (χ0n) is 9.67. The lowest BCUT2D eigenvalue weighted by molar-refractivity contribution is 0.0842. The van der Waals surface area contributed by atoms with E-state index in [-0.39, 0.29) is 17.6 Å². The molecule has 1 heterocycles. The van der Waals surface area contributed by atoms with E-state index >= 15 is 0 Å². The molecule has 2 aromatic carbocycles. The predicted octanol–water partition coefficient (Wildman–Crippen LogP) is 3.10. The van der Waals surface area contributed by atoms with E-state index in [1.165, 1.54) is 6.07 Å². The van der Waals surface area contributed by atoms with Gasteiger partial charge in [-0.15, -0.1) is 0 Å². The summed E-state index contributed by atoms with van der Waals surface area (Å²) in [6.07, 6.45) is -0.0139. The van der Waals surface area contributed by atoms with Crippen LogP contribution in [0.4, 0.5) is 0 Å². The van der Waals surface area contributed by atoms with Gasteiger partial charge in [-0.1, -0.05) is 36.4 Å². The average Bonchev–Trinajstić information content (AvgIpc) is 2.41. The zero-order valence-corrected chi connectivity index (χ0v) is 9.67. The first-order chi connectivity index (χ1) is 8.75. The molecular formula is C15H12O3. The summed E-state index contributed by atoms with van der Waals surface area (Å²) in [5.74, 6) is 0.310. The number of fused-ring (bicyclic) bond motifs is 1. The van der Waals surface area contributed by atoms with Gasteiger partial charge in [-0.2, -0.15) is 0 Å². The van der Waals surface area contributed by atoms with Crippen molar-refractivity contribution in [3.05, 3.63) is 59.7 Å². The fourth-order valence-electron chi connectivity index (χ4n) is 2.18. The van der Waals surface area contributed by atoms with E-state index < -0.39 is 0 Å². The van der Waals surface area contributed by atoms with E-state index in [2.05, 4.69) is 0 Å². The van der Waals surface area contributed by atoms with Crippen molar-refractivity contribution in [2.24, 2.45) is 0 Å². The summed E-state index contributed by atoms with van der Waals surface area (Å²) < 4.78 is 5.75. The average molecular weight is 240 g/mol. The third-order valence-corrected chi connectivity index (χ3v) is 3.10. The molecule has 0 saturated carbocycles. The molecule has 0 unspecified atom stereocenters.